The first-order valence-electron chi connectivity index (χ1n) is 7.31. The van der Waals surface area contributed by atoms with E-state index >= 15 is 0 Å². The van der Waals surface area contributed by atoms with Gasteiger partial charge in [-0.2, -0.15) is 0 Å². The van der Waals surface area contributed by atoms with E-state index in [1.165, 1.54) is 5.56 Å². The Labute approximate surface area is 130 Å². The molecular weight excluding hydrogens is 276 g/mol. The zero-order valence-corrected chi connectivity index (χ0v) is 13.3. The van der Waals surface area contributed by atoms with Crippen LogP contribution in [0.25, 0.3) is 22.9 Å². The van der Waals surface area contributed by atoms with Gasteiger partial charge in [-0.05, 0) is 37.3 Å². The van der Waals surface area contributed by atoms with Gasteiger partial charge in [0.05, 0.1) is 7.11 Å². The average molecular weight is 296 g/mol. The van der Waals surface area contributed by atoms with Gasteiger partial charge in [0.1, 0.15) is 5.75 Å². The zero-order chi connectivity index (χ0) is 15.9. The van der Waals surface area contributed by atoms with Gasteiger partial charge in [0, 0.05) is 11.1 Å². The molecule has 4 heteroatoms. The van der Waals surface area contributed by atoms with Crippen LogP contribution in [0.2, 0.25) is 0 Å². The summed E-state index contributed by atoms with van der Waals surface area (Å²) in [7, 11) is 1.63. The molecule has 0 saturated carbocycles. The molecule has 0 spiro atoms. The summed E-state index contributed by atoms with van der Waals surface area (Å²) in [4.78, 5) is 0. The molecule has 3 aromatic rings. The van der Waals surface area contributed by atoms with Gasteiger partial charge in [-0.25, -0.2) is 0 Å². The quantitative estimate of drug-likeness (QED) is 0.700. The van der Waals surface area contributed by atoms with E-state index in [4.69, 9.17) is 9.15 Å². The number of aryl methyl sites for hydroxylation is 1. The van der Waals surface area contributed by atoms with Crippen LogP contribution in [0.4, 0.5) is 0 Å². The van der Waals surface area contributed by atoms with E-state index in [-0.39, 0.29) is 0 Å². The Hall–Kier alpha value is -2.62. The number of hydrogen-bond donors (Lipinski definition) is 0. The molecule has 0 radical (unpaired) electrons. The third-order valence-electron chi connectivity index (χ3n) is 3.04. The molecule has 2 aromatic carbocycles. The average Bonchev–Trinajstić information content (AvgIpc) is 3.07. The van der Waals surface area contributed by atoms with Crippen molar-refractivity contribution in [2.24, 2.45) is 0 Å². The second-order valence-electron chi connectivity index (χ2n) is 4.51. The van der Waals surface area contributed by atoms with Crippen LogP contribution in [0.5, 0.6) is 5.75 Å². The predicted octanol–water partition coefficient (Wildman–Crippen LogP) is 4.75. The topological polar surface area (TPSA) is 48.2 Å². The molecule has 0 bridgehead atoms. The molecule has 1 aromatic heterocycles. The summed E-state index contributed by atoms with van der Waals surface area (Å²) in [6, 6.07) is 15.5. The van der Waals surface area contributed by atoms with Crippen molar-refractivity contribution in [2.45, 2.75) is 20.8 Å². The van der Waals surface area contributed by atoms with Crippen LogP contribution in [0.1, 0.15) is 19.4 Å². The van der Waals surface area contributed by atoms with Gasteiger partial charge in [-0.3, -0.25) is 0 Å². The van der Waals surface area contributed by atoms with E-state index in [9.17, 15) is 0 Å². The molecule has 4 nitrogen and oxygen atoms in total. The molecule has 114 valence electrons. The normalized spacial score (nSPS) is 9.82. The Morgan fingerprint density at radius 3 is 2.14 bits per heavy atom. The van der Waals surface area contributed by atoms with E-state index in [0.717, 1.165) is 16.9 Å². The molecule has 22 heavy (non-hydrogen) atoms. The summed E-state index contributed by atoms with van der Waals surface area (Å²) in [6.07, 6.45) is 0. The summed E-state index contributed by atoms with van der Waals surface area (Å²) < 4.78 is 10.9. The molecule has 0 fully saturated rings. The van der Waals surface area contributed by atoms with Crippen molar-refractivity contribution in [1.29, 1.82) is 0 Å². The van der Waals surface area contributed by atoms with Crippen molar-refractivity contribution >= 4 is 0 Å². The van der Waals surface area contributed by atoms with Gasteiger partial charge in [-0.1, -0.05) is 37.6 Å². The van der Waals surface area contributed by atoms with Crippen LogP contribution in [-0.2, 0) is 0 Å². The maximum Gasteiger partial charge on any atom is 0.248 e. The van der Waals surface area contributed by atoms with E-state index in [1.54, 1.807) is 7.11 Å². The minimum absolute atomic E-state index is 0.486. The molecule has 3 rings (SSSR count). The van der Waals surface area contributed by atoms with Crippen LogP contribution in [0, 0.1) is 6.92 Å². The molecule has 1 heterocycles. The fourth-order valence-corrected chi connectivity index (χ4v) is 1.91. The van der Waals surface area contributed by atoms with Gasteiger partial charge >= 0.3 is 0 Å². The summed E-state index contributed by atoms with van der Waals surface area (Å²) >= 11 is 0. The smallest absolute Gasteiger partial charge is 0.248 e. The monoisotopic (exact) mass is 296 g/mol. The van der Waals surface area contributed by atoms with Gasteiger partial charge in [0.15, 0.2) is 0 Å². The largest absolute Gasteiger partial charge is 0.497 e. The highest BCUT2D eigenvalue weighted by Crippen LogP contribution is 2.26. The molecule has 0 atom stereocenters. The van der Waals surface area contributed by atoms with Crippen molar-refractivity contribution in [3.05, 3.63) is 54.1 Å². The Morgan fingerprint density at radius 1 is 0.864 bits per heavy atom. The third-order valence-corrected chi connectivity index (χ3v) is 3.04. The predicted molar refractivity (Wildman–Crippen MR) is 87.8 cm³/mol. The highest BCUT2D eigenvalue weighted by Gasteiger charge is 2.10. The number of benzene rings is 2. The fourth-order valence-electron chi connectivity index (χ4n) is 1.91. The van der Waals surface area contributed by atoms with E-state index in [2.05, 4.69) is 10.2 Å². The summed E-state index contributed by atoms with van der Waals surface area (Å²) in [5.41, 5.74) is 2.95. The van der Waals surface area contributed by atoms with Crippen LogP contribution < -0.4 is 4.74 Å². The summed E-state index contributed by atoms with van der Waals surface area (Å²) in [5, 5.41) is 8.18. The molecule has 0 amide bonds. The maximum absolute atomic E-state index is 5.72. The number of hydrogen-bond acceptors (Lipinski definition) is 4. The van der Waals surface area contributed by atoms with Gasteiger partial charge < -0.3 is 9.15 Å². The van der Waals surface area contributed by atoms with Crippen LogP contribution >= 0.6 is 0 Å². The van der Waals surface area contributed by atoms with E-state index < -0.39 is 0 Å². The Kier molecular flexibility index (Phi) is 5.31. The highest BCUT2D eigenvalue weighted by atomic mass is 16.5. The van der Waals surface area contributed by atoms with Crippen molar-refractivity contribution in [3.63, 3.8) is 0 Å². The Morgan fingerprint density at radius 2 is 1.50 bits per heavy atom. The first-order valence-corrected chi connectivity index (χ1v) is 7.31. The van der Waals surface area contributed by atoms with Crippen LogP contribution in [-0.4, -0.2) is 17.3 Å². The lowest BCUT2D eigenvalue weighted by Gasteiger charge is -2.00. The summed E-state index contributed by atoms with van der Waals surface area (Å²) in [5.74, 6) is 1.76. The lowest BCUT2D eigenvalue weighted by atomic mass is 10.1. The molecule has 0 aliphatic carbocycles. The van der Waals surface area contributed by atoms with Crippen molar-refractivity contribution < 1.29 is 9.15 Å². The molecule has 0 unspecified atom stereocenters. The minimum atomic E-state index is 0.486. The third kappa shape index (κ3) is 3.52. The van der Waals surface area contributed by atoms with E-state index in [0.29, 0.717) is 11.8 Å². The van der Waals surface area contributed by atoms with Crippen LogP contribution in [0.3, 0.4) is 0 Å². The molecule has 0 aliphatic rings. The molecular formula is C18H20N2O2. The van der Waals surface area contributed by atoms with Gasteiger partial charge in [-0.15, -0.1) is 10.2 Å². The lowest BCUT2D eigenvalue weighted by molar-refractivity contribution is 0.415. The molecule has 0 aliphatic heterocycles. The first-order chi connectivity index (χ1) is 10.8. The maximum atomic E-state index is 5.72. The second kappa shape index (κ2) is 7.41. The number of methoxy groups -OCH3 is 1. The van der Waals surface area contributed by atoms with Gasteiger partial charge in [0.25, 0.3) is 0 Å². The lowest BCUT2D eigenvalue weighted by Crippen LogP contribution is -1.83. The SMILES string of the molecule is CC.COc1cccc(-c2nnc(-c3ccc(C)cc3)o2)c1. The Bertz CT molecular complexity index is 718. The van der Waals surface area contributed by atoms with E-state index in [1.807, 2.05) is 69.3 Å². The van der Waals surface area contributed by atoms with Crippen molar-refractivity contribution in [2.75, 3.05) is 7.11 Å². The van der Waals surface area contributed by atoms with Gasteiger partial charge in [0.2, 0.25) is 11.8 Å². The zero-order valence-electron chi connectivity index (χ0n) is 13.3. The number of rotatable bonds is 3. The number of nitrogens with zero attached hydrogens (tertiary/aromatic N) is 2. The Balaban J connectivity index is 0.000000847. The minimum Gasteiger partial charge on any atom is -0.497 e. The first kappa shape index (κ1) is 15.8. The fraction of sp³-hybridized carbons (Fsp3) is 0.222. The standard InChI is InChI=1S/C16H14N2O2.C2H6/c1-11-6-8-12(9-7-11)15-17-18-16(20-15)13-4-3-5-14(10-13)19-2;1-2/h3-10H,1-2H3;1-2H3. The second-order valence-corrected chi connectivity index (χ2v) is 4.51. The number of aromatic nitrogens is 2. The van der Waals surface area contributed by atoms with Crippen molar-refractivity contribution in [1.82, 2.24) is 10.2 Å². The van der Waals surface area contributed by atoms with Crippen molar-refractivity contribution in [3.8, 4) is 28.7 Å². The summed E-state index contributed by atoms with van der Waals surface area (Å²) in [6.45, 7) is 6.04. The van der Waals surface area contributed by atoms with Crippen LogP contribution in [0.15, 0.2) is 52.9 Å². The highest BCUT2D eigenvalue weighted by molar-refractivity contribution is 5.59. The molecule has 0 N–H and O–H groups in total. The molecule has 0 saturated heterocycles. The number of ether oxygens (including phenoxy) is 1.